The second kappa shape index (κ2) is 8.40. The van der Waals surface area contributed by atoms with E-state index in [9.17, 15) is 0 Å². The fraction of sp³-hybridized carbons (Fsp3) is 0.647. The molecule has 112 valence electrons. The predicted molar refractivity (Wildman–Crippen MR) is 85.8 cm³/mol. The van der Waals surface area contributed by atoms with Crippen molar-refractivity contribution in [3.63, 3.8) is 0 Å². The first-order valence-electron chi connectivity index (χ1n) is 7.98. The van der Waals surface area contributed by atoms with Crippen molar-refractivity contribution in [2.24, 2.45) is 5.73 Å². The quantitative estimate of drug-likeness (QED) is 0.775. The zero-order chi connectivity index (χ0) is 14.2. The number of hydrogen-bond donors (Lipinski definition) is 1. The van der Waals surface area contributed by atoms with E-state index < -0.39 is 0 Å². The number of rotatable bonds is 7. The van der Waals surface area contributed by atoms with Crippen molar-refractivity contribution >= 4 is 0 Å². The smallest absolute Gasteiger partial charge is 0.0234 e. The second-order valence-corrected chi connectivity index (χ2v) is 5.96. The SMILES string of the molecule is Cc1cccc(CN2CCN(CCCCCN)CC2)c1. The minimum Gasteiger partial charge on any atom is -0.330 e. The van der Waals surface area contributed by atoms with Gasteiger partial charge in [-0.1, -0.05) is 36.2 Å². The van der Waals surface area contributed by atoms with E-state index in [2.05, 4.69) is 41.0 Å². The molecule has 2 N–H and O–H groups in total. The Morgan fingerprint density at radius 1 is 1.00 bits per heavy atom. The highest BCUT2D eigenvalue weighted by atomic mass is 15.3. The standard InChI is InChI=1S/C17H29N3/c1-16-6-5-7-17(14-16)15-20-12-10-19(11-13-20)9-4-2-3-8-18/h5-7,14H,2-4,8-13,15,18H2,1H3. The summed E-state index contributed by atoms with van der Waals surface area (Å²) in [5.74, 6) is 0. The van der Waals surface area contributed by atoms with Crippen molar-refractivity contribution < 1.29 is 0 Å². The molecule has 1 fully saturated rings. The maximum Gasteiger partial charge on any atom is 0.0234 e. The Balaban J connectivity index is 1.66. The van der Waals surface area contributed by atoms with Crippen molar-refractivity contribution in [3.8, 4) is 0 Å². The average molecular weight is 275 g/mol. The molecule has 1 aromatic carbocycles. The molecule has 0 radical (unpaired) electrons. The molecule has 20 heavy (non-hydrogen) atoms. The maximum atomic E-state index is 5.53. The molecule has 0 aliphatic carbocycles. The van der Waals surface area contributed by atoms with Crippen LogP contribution in [0.1, 0.15) is 30.4 Å². The van der Waals surface area contributed by atoms with E-state index in [-0.39, 0.29) is 0 Å². The highest BCUT2D eigenvalue weighted by Crippen LogP contribution is 2.11. The molecule has 2 rings (SSSR count). The summed E-state index contributed by atoms with van der Waals surface area (Å²) < 4.78 is 0. The Hall–Kier alpha value is -0.900. The van der Waals surface area contributed by atoms with Crippen LogP contribution in [-0.2, 0) is 6.54 Å². The summed E-state index contributed by atoms with van der Waals surface area (Å²) in [7, 11) is 0. The number of unbranched alkanes of at least 4 members (excludes halogenated alkanes) is 2. The van der Waals surface area contributed by atoms with E-state index in [1.54, 1.807) is 0 Å². The largest absolute Gasteiger partial charge is 0.330 e. The van der Waals surface area contributed by atoms with Crippen LogP contribution >= 0.6 is 0 Å². The van der Waals surface area contributed by atoms with Crippen LogP contribution in [0.2, 0.25) is 0 Å². The van der Waals surface area contributed by atoms with Crippen LogP contribution in [0.5, 0.6) is 0 Å². The van der Waals surface area contributed by atoms with Crippen LogP contribution in [-0.4, -0.2) is 49.1 Å². The lowest BCUT2D eigenvalue weighted by molar-refractivity contribution is 0.125. The van der Waals surface area contributed by atoms with E-state index in [4.69, 9.17) is 5.73 Å². The van der Waals surface area contributed by atoms with Crippen molar-refractivity contribution in [2.45, 2.75) is 32.7 Å². The highest BCUT2D eigenvalue weighted by molar-refractivity contribution is 5.22. The van der Waals surface area contributed by atoms with Crippen molar-refractivity contribution in [1.82, 2.24) is 9.80 Å². The van der Waals surface area contributed by atoms with Crippen LogP contribution < -0.4 is 5.73 Å². The molecule has 0 saturated carbocycles. The van der Waals surface area contributed by atoms with E-state index >= 15 is 0 Å². The number of nitrogens with zero attached hydrogens (tertiary/aromatic N) is 2. The second-order valence-electron chi connectivity index (χ2n) is 5.96. The zero-order valence-electron chi connectivity index (χ0n) is 12.9. The van der Waals surface area contributed by atoms with Gasteiger partial charge >= 0.3 is 0 Å². The summed E-state index contributed by atoms with van der Waals surface area (Å²) in [6, 6.07) is 8.88. The lowest BCUT2D eigenvalue weighted by Gasteiger charge is -2.34. The Labute approximate surface area is 123 Å². The lowest BCUT2D eigenvalue weighted by atomic mass is 10.1. The first-order valence-corrected chi connectivity index (χ1v) is 7.98. The van der Waals surface area contributed by atoms with Crippen LogP contribution in [0.4, 0.5) is 0 Å². The number of benzene rings is 1. The third kappa shape index (κ3) is 5.23. The number of aryl methyl sites for hydroxylation is 1. The summed E-state index contributed by atoms with van der Waals surface area (Å²) in [4.78, 5) is 5.18. The summed E-state index contributed by atoms with van der Waals surface area (Å²) in [5, 5.41) is 0. The molecule has 1 aliphatic heterocycles. The van der Waals surface area contributed by atoms with Crippen LogP contribution in [0.15, 0.2) is 24.3 Å². The Morgan fingerprint density at radius 3 is 2.45 bits per heavy atom. The van der Waals surface area contributed by atoms with Crippen molar-refractivity contribution in [1.29, 1.82) is 0 Å². The molecule has 0 bridgehead atoms. The first-order chi connectivity index (χ1) is 9.78. The van der Waals surface area contributed by atoms with E-state index in [1.807, 2.05) is 0 Å². The van der Waals surface area contributed by atoms with Gasteiger partial charge in [-0.25, -0.2) is 0 Å². The van der Waals surface area contributed by atoms with Gasteiger partial charge in [-0.15, -0.1) is 0 Å². The Kier molecular flexibility index (Phi) is 6.51. The molecule has 0 amide bonds. The summed E-state index contributed by atoms with van der Waals surface area (Å²) >= 11 is 0. The van der Waals surface area contributed by atoms with Gasteiger partial charge in [0, 0.05) is 32.7 Å². The minimum absolute atomic E-state index is 0.838. The third-order valence-electron chi connectivity index (χ3n) is 4.13. The Bertz CT molecular complexity index is 384. The van der Waals surface area contributed by atoms with Crippen LogP contribution in [0.3, 0.4) is 0 Å². The maximum absolute atomic E-state index is 5.53. The van der Waals surface area contributed by atoms with E-state index in [0.717, 1.165) is 13.1 Å². The van der Waals surface area contributed by atoms with Gasteiger partial charge < -0.3 is 10.6 Å². The molecular formula is C17H29N3. The molecule has 1 aliphatic rings. The summed E-state index contributed by atoms with van der Waals surface area (Å²) in [6.45, 7) is 10.2. The number of piperazine rings is 1. The molecular weight excluding hydrogens is 246 g/mol. The average Bonchev–Trinajstić information content (AvgIpc) is 2.45. The topological polar surface area (TPSA) is 32.5 Å². The molecule has 3 heteroatoms. The van der Waals surface area contributed by atoms with Gasteiger partial charge in [0.25, 0.3) is 0 Å². The predicted octanol–water partition coefficient (Wildman–Crippen LogP) is 2.24. The molecule has 0 spiro atoms. The van der Waals surface area contributed by atoms with Gasteiger partial charge in [-0.3, -0.25) is 4.90 Å². The number of nitrogens with two attached hydrogens (primary N) is 1. The molecule has 1 aromatic rings. The minimum atomic E-state index is 0.838. The van der Waals surface area contributed by atoms with Crippen LogP contribution in [0, 0.1) is 6.92 Å². The fourth-order valence-electron chi connectivity index (χ4n) is 2.90. The van der Waals surface area contributed by atoms with Gasteiger partial charge in [-0.2, -0.15) is 0 Å². The Morgan fingerprint density at radius 2 is 1.75 bits per heavy atom. The van der Waals surface area contributed by atoms with Gasteiger partial charge in [0.2, 0.25) is 0 Å². The van der Waals surface area contributed by atoms with Crippen molar-refractivity contribution in [2.75, 3.05) is 39.3 Å². The normalized spacial score (nSPS) is 17.5. The summed E-state index contributed by atoms with van der Waals surface area (Å²) in [6.07, 6.45) is 3.75. The zero-order valence-corrected chi connectivity index (χ0v) is 12.9. The molecule has 0 atom stereocenters. The monoisotopic (exact) mass is 275 g/mol. The highest BCUT2D eigenvalue weighted by Gasteiger charge is 2.16. The van der Waals surface area contributed by atoms with Gasteiger partial charge in [0.05, 0.1) is 0 Å². The lowest BCUT2D eigenvalue weighted by Crippen LogP contribution is -2.46. The first kappa shape index (κ1) is 15.5. The third-order valence-corrected chi connectivity index (χ3v) is 4.13. The molecule has 3 nitrogen and oxygen atoms in total. The number of hydrogen-bond acceptors (Lipinski definition) is 3. The molecule has 1 heterocycles. The molecule has 0 unspecified atom stereocenters. The fourth-order valence-corrected chi connectivity index (χ4v) is 2.90. The van der Waals surface area contributed by atoms with E-state index in [0.29, 0.717) is 0 Å². The summed E-state index contributed by atoms with van der Waals surface area (Å²) in [5.41, 5.74) is 8.34. The van der Waals surface area contributed by atoms with Gasteiger partial charge in [-0.05, 0) is 38.4 Å². The van der Waals surface area contributed by atoms with Gasteiger partial charge in [0.1, 0.15) is 0 Å². The van der Waals surface area contributed by atoms with Crippen molar-refractivity contribution in [3.05, 3.63) is 35.4 Å². The van der Waals surface area contributed by atoms with Gasteiger partial charge in [0.15, 0.2) is 0 Å². The van der Waals surface area contributed by atoms with E-state index in [1.165, 1.54) is 63.1 Å². The molecule has 1 saturated heterocycles. The van der Waals surface area contributed by atoms with Crippen LogP contribution in [0.25, 0.3) is 0 Å². The molecule has 0 aromatic heterocycles.